The van der Waals surface area contributed by atoms with Crippen LogP contribution in [0.5, 0.6) is 0 Å². The largest absolute Gasteiger partial charge is 0.478 e. The molecule has 0 atom stereocenters. The van der Waals surface area contributed by atoms with Gasteiger partial charge in [-0.2, -0.15) is 0 Å². The smallest absolute Gasteiger partial charge is 0.335 e. The fourth-order valence-electron chi connectivity index (χ4n) is 2.19. The van der Waals surface area contributed by atoms with Gasteiger partial charge in [-0.05, 0) is 49.5 Å². The summed E-state index contributed by atoms with van der Waals surface area (Å²) in [6, 6.07) is 6.92. The van der Waals surface area contributed by atoms with Crippen molar-refractivity contribution in [3.63, 3.8) is 0 Å². The molecular formula is C14H19NO3. The van der Waals surface area contributed by atoms with Crippen LogP contribution >= 0.6 is 0 Å². The highest BCUT2D eigenvalue weighted by Gasteiger charge is 2.12. The third-order valence-electron chi connectivity index (χ3n) is 3.25. The van der Waals surface area contributed by atoms with Crippen molar-refractivity contribution in [3.8, 4) is 0 Å². The van der Waals surface area contributed by atoms with E-state index in [4.69, 9.17) is 9.84 Å². The van der Waals surface area contributed by atoms with Crippen molar-refractivity contribution in [1.29, 1.82) is 0 Å². The maximum Gasteiger partial charge on any atom is 0.335 e. The van der Waals surface area contributed by atoms with Crippen LogP contribution in [0.3, 0.4) is 0 Å². The lowest BCUT2D eigenvalue weighted by Gasteiger charge is -2.22. The zero-order chi connectivity index (χ0) is 12.8. The predicted octanol–water partition coefficient (Wildman–Crippen LogP) is 1.90. The summed E-state index contributed by atoms with van der Waals surface area (Å²) in [7, 11) is 0. The first kappa shape index (κ1) is 13.1. The van der Waals surface area contributed by atoms with Crippen molar-refractivity contribution in [1.82, 2.24) is 5.32 Å². The van der Waals surface area contributed by atoms with Gasteiger partial charge in [0.15, 0.2) is 0 Å². The maximum absolute atomic E-state index is 10.8. The summed E-state index contributed by atoms with van der Waals surface area (Å²) in [5, 5.41) is 12.2. The number of benzene rings is 1. The van der Waals surface area contributed by atoms with E-state index in [-0.39, 0.29) is 0 Å². The van der Waals surface area contributed by atoms with Gasteiger partial charge in [0.2, 0.25) is 0 Å². The predicted molar refractivity (Wildman–Crippen MR) is 68.7 cm³/mol. The third kappa shape index (κ3) is 3.82. The number of piperidine rings is 1. The second-order valence-corrected chi connectivity index (χ2v) is 4.71. The Bertz CT molecular complexity index is 400. The quantitative estimate of drug-likeness (QED) is 0.836. The number of nitrogens with one attached hydrogen (secondary N) is 1. The van der Waals surface area contributed by atoms with Crippen molar-refractivity contribution in [2.45, 2.75) is 19.4 Å². The number of aromatic carboxylic acids is 1. The van der Waals surface area contributed by atoms with E-state index < -0.39 is 5.97 Å². The average molecular weight is 249 g/mol. The van der Waals surface area contributed by atoms with Crippen LogP contribution in [-0.2, 0) is 11.3 Å². The molecule has 2 rings (SSSR count). The Hall–Kier alpha value is -1.39. The summed E-state index contributed by atoms with van der Waals surface area (Å²) < 4.78 is 5.67. The molecule has 0 bridgehead atoms. The maximum atomic E-state index is 10.8. The number of hydrogen-bond donors (Lipinski definition) is 2. The van der Waals surface area contributed by atoms with Crippen LogP contribution in [0.1, 0.15) is 28.8 Å². The second kappa shape index (κ2) is 6.52. The Morgan fingerprint density at radius 3 is 2.89 bits per heavy atom. The molecule has 18 heavy (non-hydrogen) atoms. The Morgan fingerprint density at radius 2 is 2.17 bits per heavy atom. The average Bonchev–Trinajstić information content (AvgIpc) is 2.40. The van der Waals surface area contributed by atoms with Crippen LogP contribution in [0, 0.1) is 5.92 Å². The molecule has 1 aromatic carbocycles. The van der Waals surface area contributed by atoms with Gasteiger partial charge in [0.05, 0.1) is 12.2 Å². The fraction of sp³-hybridized carbons (Fsp3) is 0.500. The molecule has 0 unspecified atom stereocenters. The van der Waals surface area contributed by atoms with E-state index >= 15 is 0 Å². The SMILES string of the molecule is O=C(O)c1cccc(COCC2CCNCC2)c1. The van der Waals surface area contributed by atoms with E-state index in [9.17, 15) is 4.79 Å². The van der Waals surface area contributed by atoms with Gasteiger partial charge in [-0.3, -0.25) is 0 Å². The molecule has 2 N–H and O–H groups in total. The summed E-state index contributed by atoms with van der Waals surface area (Å²) in [6.45, 7) is 3.40. The third-order valence-corrected chi connectivity index (χ3v) is 3.25. The summed E-state index contributed by atoms with van der Waals surface area (Å²) >= 11 is 0. The summed E-state index contributed by atoms with van der Waals surface area (Å²) in [4.78, 5) is 10.8. The molecule has 1 heterocycles. The van der Waals surface area contributed by atoms with Crippen LogP contribution in [0.15, 0.2) is 24.3 Å². The highest BCUT2D eigenvalue weighted by Crippen LogP contribution is 2.13. The first-order valence-corrected chi connectivity index (χ1v) is 6.36. The lowest BCUT2D eigenvalue weighted by molar-refractivity contribution is 0.0693. The molecule has 1 saturated heterocycles. The Balaban J connectivity index is 1.78. The van der Waals surface area contributed by atoms with E-state index in [0.29, 0.717) is 18.1 Å². The van der Waals surface area contributed by atoms with Crippen molar-refractivity contribution < 1.29 is 14.6 Å². The molecule has 0 saturated carbocycles. The van der Waals surface area contributed by atoms with Crippen molar-refractivity contribution in [2.24, 2.45) is 5.92 Å². The highest BCUT2D eigenvalue weighted by atomic mass is 16.5. The molecule has 0 amide bonds. The molecule has 1 aromatic rings. The van der Waals surface area contributed by atoms with Crippen LogP contribution in [0.2, 0.25) is 0 Å². The van der Waals surface area contributed by atoms with Gasteiger partial charge < -0.3 is 15.2 Å². The van der Waals surface area contributed by atoms with Crippen molar-refractivity contribution >= 4 is 5.97 Å². The Morgan fingerprint density at radius 1 is 1.39 bits per heavy atom. The Kier molecular flexibility index (Phi) is 4.73. The normalized spacial score (nSPS) is 16.7. The fourth-order valence-corrected chi connectivity index (χ4v) is 2.19. The highest BCUT2D eigenvalue weighted by molar-refractivity contribution is 5.87. The van der Waals surface area contributed by atoms with Crippen LogP contribution < -0.4 is 5.32 Å². The number of carboxylic acids is 1. The second-order valence-electron chi connectivity index (χ2n) is 4.71. The van der Waals surface area contributed by atoms with Crippen LogP contribution in [0.25, 0.3) is 0 Å². The molecule has 1 aliphatic rings. The molecule has 1 fully saturated rings. The van der Waals surface area contributed by atoms with Gasteiger partial charge in [0.25, 0.3) is 0 Å². The molecular weight excluding hydrogens is 230 g/mol. The molecule has 4 nitrogen and oxygen atoms in total. The van der Waals surface area contributed by atoms with Crippen LogP contribution in [-0.4, -0.2) is 30.8 Å². The van der Waals surface area contributed by atoms with Gasteiger partial charge in [0.1, 0.15) is 0 Å². The van der Waals surface area contributed by atoms with Crippen molar-refractivity contribution in [2.75, 3.05) is 19.7 Å². The first-order chi connectivity index (χ1) is 8.75. The summed E-state index contributed by atoms with van der Waals surface area (Å²) in [5.41, 5.74) is 1.24. The number of carboxylic acid groups (broad SMARTS) is 1. The van der Waals surface area contributed by atoms with Crippen LogP contribution in [0.4, 0.5) is 0 Å². The number of hydrogen-bond acceptors (Lipinski definition) is 3. The lowest BCUT2D eigenvalue weighted by Crippen LogP contribution is -2.29. The van der Waals surface area contributed by atoms with Gasteiger partial charge in [0, 0.05) is 6.61 Å². The summed E-state index contributed by atoms with van der Waals surface area (Å²) in [5.74, 6) is -0.260. The van der Waals surface area contributed by atoms with Crippen molar-refractivity contribution in [3.05, 3.63) is 35.4 Å². The van der Waals surface area contributed by atoms with Gasteiger partial charge >= 0.3 is 5.97 Å². The topological polar surface area (TPSA) is 58.6 Å². The standard InChI is InChI=1S/C14H19NO3/c16-14(17)13-3-1-2-12(8-13)10-18-9-11-4-6-15-7-5-11/h1-3,8,11,15H,4-7,9-10H2,(H,16,17). The minimum atomic E-state index is -0.893. The molecule has 4 heteroatoms. The number of ether oxygens (including phenoxy) is 1. The number of rotatable bonds is 5. The first-order valence-electron chi connectivity index (χ1n) is 6.36. The molecule has 0 aliphatic carbocycles. The van der Waals surface area contributed by atoms with Gasteiger partial charge in [-0.15, -0.1) is 0 Å². The van der Waals surface area contributed by atoms with E-state index in [1.807, 2.05) is 6.07 Å². The zero-order valence-corrected chi connectivity index (χ0v) is 10.4. The monoisotopic (exact) mass is 249 g/mol. The van der Waals surface area contributed by atoms with E-state index in [1.54, 1.807) is 18.2 Å². The Labute approximate surface area is 107 Å². The molecule has 0 radical (unpaired) electrons. The molecule has 98 valence electrons. The minimum Gasteiger partial charge on any atom is -0.478 e. The van der Waals surface area contributed by atoms with E-state index in [0.717, 1.165) is 38.1 Å². The number of carbonyl (C=O) groups is 1. The zero-order valence-electron chi connectivity index (χ0n) is 10.4. The minimum absolute atomic E-state index is 0.318. The van der Waals surface area contributed by atoms with Gasteiger partial charge in [-0.1, -0.05) is 12.1 Å². The van der Waals surface area contributed by atoms with E-state index in [2.05, 4.69) is 5.32 Å². The van der Waals surface area contributed by atoms with Gasteiger partial charge in [-0.25, -0.2) is 4.79 Å². The van der Waals surface area contributed by atoms with E-state index in [1.165, 1.54) is 0 Å². The summed E-state index contributed by atoms with van der Waals surface area (Å²) in [6.07, 6.45) is 2.32. The lowest BCUT2D eigenvalue weighted by atomic mass is 9.99. The molecule has 0 aromatic heterocycles. The molecule has 0 spiro atoms. The molecule has 1 aliphatic heterocycles.